The quantitative estimate of drug-likeness (QED) is 0.727. The lowest BCUT2D eigenvalue weighted by molar-refractivity contribution is -0.129. The van der Waals surface area contributed by atoms with Gasteiger partial charge in [0.2, 0.25) is 5.91 Å². The summed E-state index contributed by atoms with van der Waals surface area (Å²) in [6, 6.07) is 6.62. The first-order valence-corrected chi connectivity index (χ1v) is 6.01. The number of rotatable bonds is 1. The van der Waals surface area contributed by atoms with E-state index in [4.69, 9.17) is 0 Å². The summed E-state index contributed by atoms with van der Waals surface area (Å²) in [5, 5.41) is 0. The van der Waals surface area contributed by atoms with Gasteiger partial charge in [0, 0.05) is 24.6 Å². The molecule has 1 saturated heterocycles. The molecule has 1 aromatic rings. The summed E-state index contributed by atoms with van der Waals surface area (Å²) in [5.41, 5.74) is 2.22. The van der Waals surface area contributed by atoms with Crippen molar-refractivity contribution in [1.29, 1.82) is 0 Å². The minimum Gasteiger partial charge on any atom is -0.316 e. The van der Waals surface area contributed by atoms with Crippen LogP contribution in [0.5, 0.6) is 0 Å². The van der Waals surface area contributed by atoms with E-state index in [1.165, 1.54) is 12.1 Å². The van der Waals surface area contributed by atoms with Gasteiger partial charge in [0.1, 0.15) is 5.82 Å². The Labute approximate surface area is 99.7 Å². The topological polar surface area (TPSA) is 20.3 Å². The number of nitrogens with zero attached hydrogens (tertiary/aromatic N) is 1. The maximum atomic E-state index is 12.9. The highest BCUT2D eigenvalue weighted by molar-refractivity contribution is 5.80. The van der Waals surface area contributed by atoms with Crippen molar-refractivity contribution in [3.63, 3.8) is 0 Å². The van der Waals surface area contributed by atoms with Gasteiger partial charge in [0.25, 0.3) is 0 Å². The fourth-order valence-corrected chi connectivity index (χ4v) is 2.76. The van der Waals surface area contributed by atoms with Crippen molar-refractivity contribution in [3.8, 4) is 0 Å². The number of fused-ring (bicyclic) bond motifs is 1. The van der Waals surface area contributed by atoms with E-state index in [1.54, 1.807) is 0 Å². The van der Waals surface area contributed by atoms with E-state index in [0.717, 1.165) is 30.6 Å². The number of benzene rings is 1. The maximum absolute atomic E-state index is 12.9. The number of amides is 1. The van der Waals surface area contributed by atoms with Crippen LogP contribution in [-0.2, 0) is 4.79 Å². The highest BCUT2D eigenvalue weighted by atomic mass is 19.1. The average molecular weight is 231 g/mol. The molecule has 1 unspecified atom stereocenters. The van der Waals surface area contributed by atoms with Gasteiger partial charge in [-0.1, -0.05) is 18.2 Å². The first kappa shape index (κ1) is 10.5. The minimum atomic E-state index is -0.211. The zero-order valence-electron chi connectivity index (χ0n) is 9.53. The summed E-state index contributed by atoms with van der Waals surface area (Å²) in [6.07, 6.45) is 4.56. The molecule has 0 aliphatic carbocycles. The molecule has 88 valence electrons. The molecule has 3 heteroatoms. The van der Waals surface area contributed by atoms with Crippen LogP contribution >= 0.6 is 0 Å². The average Bonchev–Trinajstić information content (AvgIpc) is 2.75. The summed E-state index contributed by atoms with van der Waals surface area (Å²) < 4.78 is 12.9. The van der Waals surface area contributed by atoms with E-state index < -0.39 is 0 Å². The van der Waals surface area contributed by atoms with Gasteiger partial charge in [-0.15, -0.1) is 0 Å². The number of allylic oxidation sites excluding steroid dienone is 2. The molecular weight excluding hydrogens is 217 g/mol. The van der Waals surface area contributed by atoms with Crippen molar-refractivity contribution in [2.75, 3.05) is 6.54 Å². The van der Waals surface area contributed by atoms with E-state index in [-0.39, 0.29) is 17.6 Å². The molecule has 1 atom stereocenters. The normalized spacial score (nSPS) is 23.6. The third kappa shape index (κ3) is 1.75. The van der Waals surface area contributed by atoms with Crippen LogP contribution in [-0.4, -0.2) is 17.4 Å². The van der Waals surface area contributed by atoms with Gasteiger partial charge in [0.05, 0.1) is 0 Å². The third-order valence-electron chi connectivity index (χ3n) is 3.60. The van der Waals surface area contributed by atoms with Gasteiger partial charge in [-0.25, -0.2) is 4.39 Å². The second-order valence-electron chi connectivity index (χ2n) is 4.61. The van der Waals surface area contributed by atoms with Crippen molar-refractivity contribution in [1.82, 2.24) is 4.90 Å². The third-order valence-corrected chi connectivity index (χ3v) is 3.60. The Morgan fingerprint density at radius 3 is 2.76 bits per heavy atom. The number of carbonyl (C=O) groups excluding carboxylic acids is 1. The second-order valence-corrected chi connectivity index (χ2v) is 4.61. The molecule has 2 aliphatic heterocycles. The number of halogens is 1. The van der Waals surface area contributed by atoms with Gasteiger partial charge in [-0.05, 0) is 30.5 Å². The zero-order valence-corrected chi connectivity index (χ0v) is 9.53. The van der Waals surface area contributed by atoms with Crippen LogP contribution in [0.4, 0.5) is 4.39 Å². The van der Waals surface area contributed by atoms with Crippen LogP contribution in [0.3, 0.4) is 0 Å². The first-order valence-electron chi connectivity index (χ1n) is 6.01. The summed E-state index contributed by atoms with van der Waals surface area (Å²) in [6.45, 7) is 0.798. The maximum Gasteiger partial charge on any atom is 0.227 e. The monoisotopic (exact) mass is 231 g/mol. The highest BCUT2D eigenvalue weighted by Crippen LogP contribution is 2.39. The van der Waals surface area contributed by atoms with E-state index in [0.29, 0.717) is 6.42 Å². The number of hydrogen-bond donors (Lipinski definition) is 0. The SMILES string of the molecule is O=C1CCC=C2C(c3ccc(F)cc3)CCN12. The fourth-order valence-electron chi connectivity index (χ4n) is 2.76. The Morgan fingerprint density at radius 1 is 1.24 bits per heavy atom. The molecule has 0 radical (unpaired) electrons. The van der Waals surface area contributed by atoms with E-state index in [2.05, 4.69) is 6.08 Å². The zero-order chi connectivity index (χ0) is 11.8. The summed E-state index contributed by atoms with van der Waals surface area (Å²) in [5.74, 6) is 0.282. The number of hydrogen-bond acceptors (Lipinski definition) is 1. The second kappa shape index (κ2) is 3.99. The van der Waals surface area contributed by atoms with Crippen molar-refractivity contribution in [2.24, 2.45) is 0 Å². The highest BCUT2D eigenvalue weighted by Gasteiger charge is 2.34. The van der Waals surface area contributed by atoms with Gasteiger partial charge in [-0.2, -0.15) is 0 Å². The minimum absolute atomic E-state index is 0.211. The summed E-state index contributed by atoms with van der Waals surface area (Å²) >= 11 is 0. The Morgan fingerprint density at radius 2 is 2.00 bits per heavy atom. The van der Waals surface area contributed by atoms with Crippen molar-refractivity contribution >= 4 is 5.91 Å². The van der Waals surface area contributed by atoms with Gasteiger partial charge < -0.3 is 4.90 Å². The van der Waals surface area contributed by atoms with Crippen molar-refractivity contribution < 1.29 is 9.18 Å². The Bertz CT molecular complexity index is 478. The standard InChI is InChI=1S/C14H14FNO/c15-11-6-4-10(5-7-11)12-8-9-16-13(12)2-1-3-14(16)17/h2,4-7,12H,1,3,8-9H2. The van der Waals surface area contributed by atoms with Crippen molar-refractivity contribution in [2.45, 2.75) is 25.2 Å². The lowest BCUT2D eigenvalue weighted by Crippen LogP contribution is -2.29. The lowest BCUT2D eigenvalue weighted by Gasteiger charge is -2.24. The van der Waals surface area contributed by atoms with Crippen LogP contribution in [0.15, 0.2) is 36.0 Å². The molecule has 3 rings (SSSR count). The van der Waals surface area contributed by atoms with Gasteiger partial charge in [0.15, 0.2) is 0 Å². The first-order chi connectivity index (χ1) is 8.25. The molecule has 17 heavy (non-hydrogen) atoms. The number of carbonyl (C=O) groups is 1. The fraction of sp³-hybridized carbons (Fsp3) is 0.357. The predicted octanol–water partition coefficient (Wildman–Crippen LogP) is 2.82. The molecule has 0 aromatic heterocycles. The van der Waals surface area contributed by atoms with Crippen LogP contribution in [0.1, 0.15) is 30.7 Å². The van der Waals surface area contributed by atoms with Crippen LogP contribution in [0.2, 0.25) is 0 Å². The largest absolute Gasteiger partial charge is 0.316 e. The summed E-state index contributed by atoms with van der Waals surface area (Å²) in [4.78, 5) is 13.6. The lowest BCUT2D eigenvalue weighted by atomic mass is 9.94. The van der Waals surface area contributed by atoms with Gasteiger partial charge in [-0.3, -0.25) is 4.79 Å². The van der Waals surface area contributed by atoms with Crippen molar-refractivity contribution in [3.05, 3.63) is 47.4 Å². The Hall–Kier alpha value is -1.64. The molecule has 0 saturated carbocycles. The van der Waals surface area contributed by atoms with Crippen LogP contribution in [0, 0.1) is 5.82 Å². The Balaban J connectivity index is 1.93. The molecule has 1 aromatic carbocycles. The van der Waals surface area contributed by atoms with Gasteiger partial charge >= 0.3 is 0 Å². The molecule has 2 aliphatic rings. The molecule has 2 nitrogen and oxygen atoms in total. The van der Waals surface area contributed by atoms with Crippen LogP contribution in [0.25, 0.3) is 0 Å². The molecule has 0 N–H and O–H groups in total. The molecule has 0 bridgehead atoms. The molecule has 1 amide bonds. The smallest absolute Gasteiger partial charge is 0.227 e. The van der Waals surface area contributed by atoms with Crippen LogP contribution < -0.4 is 0 Å². The molecule has 2 heterocycles. The summed E-state index contributed by atoms with van der Waals surface area (Å²) in [7, 11) is 0. The Kier molecular flexibility index (Phi) is 2.46. The molecule has 0 spiro atoms. The van der Waals surface area contributed by atoms with E-state index in [1.807, 2.05) is 17.0 Å². The molecular formula is C14H14FNO. The van der Waals surface area contributed by atoms with E-state index in [9.17, 15) is 9.18 Å². The van der Waals surface area contributed by atoms with E-state index >= 15 is 0 Å². The molecule has 1 fully saturated rings. The predicted molar refractivity (Wildman–Crippen MR) is 62.8 cm³/mol.